The highest BCUT2D eigenvalue weighted by Crippen LogP contribution is 2.40. The first kappa shape index (κ1) is 30.9. The first-order chi connectivity index (χ1) is 21.8. The van der Waals surface area contributed by atoms with Crippen molar-refractivity contribution in [2.75, 3.05) is 21.0 Å². The minimum Gasteiger partial charge on any atom is -0.496 e. The second-order valence-corrected chi connectivity index (χ2v) is 10.2. The molecular formula is C33H33N3O9. The number of carbonyl (C=O) groups is 2. The van der Waals surface area contributed by atoms with Crippen LogP contribution in [0.1, 0.15) is 46.8 Å². The van der Waals surface area contributed by atoms with Gasteiger partial charge in [0, 0.05) is 53.6 Å². The van der Waals surface area contributed by atoms with Crippen LogP contribution in [0.3, 0.4) is 0 Å². The molecule has 12 heteroatoms. The van der Waals surface area contributed by atoms with E-state index in [0.717, 1.165) is 12.8 Å². The molecule has 0 spiro atoms. The van der Waals surface area contributed by atoms with Gasteiger partial charge in [-0.1, -0.05) is 31.5 Å². The number of carboxylic acids is 2. The molecule has 0 bridgehead atoms. The highest BCUT2D eigenvalue weighted by Gasteiger charge is 2.23. The van der Waals surface area contributed by atoms with E-state index in [9.17, 15) is 19.8 Å². The van der Waals surface area contributed by atoms with Crippen LogP contribution in [0, 0.1) is 0 Å². The maximum Gasteiger partial charge on any atom is 0.336 e. The molecule has 2 aromatic heterocycles. The third-order valence-corrected chi connectivity index (χ3v) is 7.29. The van der Waals surface area contributed by atoms with Crippen molar-refractivity contribution in [1.29, 1.82) is 0 Å². The highest BCUT2D eigenvalue weighted by atomic mass is 16.7. The lowest BCUT2D eigenvalue weighted by Gasteiger charge is -2.16. The van der Waals surface area contributed by atoms with Crippen molar-refractivity contribution in [2.24, 2.45) is 0 Å². The summed E-state index contributed by atoms with van der Waals surface area (Å²) in [7, 11) is 2.99. The molecule has 1 aliphatic heterocycles. The molecule has 0 aliphatic carbocycles. The van der Waals surface area contributed by atoms with E-state index in [1.54, 1.807) is 59.5 Å². The average molecular weight is 616 g/mol. The summed E-state index contributed by atoms with van der Waals surface area (Å²) < 4.78 is 29.8. The van der Waals surface area contributed by atoms with Gasteiger partial charge in [0.1, 0.15) is 18.1 Å². The third-order valence-electron chi connectivity index (χ3n) is 7.29. The van der Waals surface area contributed by atoms with Crippen LogP contribution in [0.4, 0.5) is 0 Å². The normalized spacial score (nSPS) is 12.2. The van der Waals surface area contributed by atoms with Gasteiger partial charge in [-0.05, 0) is 24.6 Å². The molecule has 0 saturated carbocycles. The number of ether oxygens (including phenoxy) is 5. The molecule has 0 saturated heterocycles. The van der Waals surface area contributed by atoms with E-state index in [-0.39, 0.29) is 36.8 Å². The number of pyridine rings is 1. The van der Waals surface area contributed by atoms with E-state index in [4.69, 9.17) is 23.7 Å². The Morgan fingerprint density at radius 1 is 1.00 bits per heavy atom. The first-order valence-electron chi connectivity index (χ1n) is 14.3. The second kappa shape index (κ2) is 13.8. The Morgan fingerprint density at radius 3 is 2.49 bits per heavy atom. The van der Waals surface area contributed by atoms with Crippen molar-refractivity contribution in [2.45, 2.75) is 39.3 Å². The van der Waals surface area contributed by atoms with Gasteiger partial charge in [0.05, 0.1) is 37.2 Å². The number of hydrogen-bond acceptors (Lipinski definition) is 9. The number of benzene rings is 2. The summed E-state index contributed by atoms with van der Waals surface area (Å²) in [6.45, 7) is 2.66. The fourth-order valence-corrected chi connectivity index (χ4v) is 4.99. The number of aromatic nitrogens is 3. The Balaban J connectivity index is 1.58. The van der Waals surface area contributed by atoms with Crippen LogP contribution in [0.25, 0.3) is 17.3 Å². The first-order valence-corrected chi connectivity index (χ1v) is 14.3. The van der Waals surface area contributed by atoms with Crippen molar-refractivity contribution < 1.29 is 43.5 Å². The predicted octanol–water partition coefficient (Wildman–Crippen LogP) is 5.48. The molecule has 1 aliphatic rings. The van der Waals surface area contributed by atoms with Crippen LogP contribution in [-0.2, 0) is 24.4 Å². The van der Waals surface area contributed by atoms with E-state index in [2.05, 4.69) is 17.0 Å². The predicted molar refractivity (Wildman–Crippen MR) is 163 cm³/mol. The summed E-state index contributed by atoms with van der Waals surface area (Å²) in [6.07, 6.45) is 6.53. The quantitative estimate of drug-likeness (QED) is 0.174. The average Bonchev–Trinajstić information content (AvgIpc) is 3.68. The number of nitrogens with zero attached hydrogens (tertiary/aromatic N) is 3. The zero-order valence-corrected chi connectivity index (χ0v) is 25.1. The molecule has 3 heterocycles. The Labute approximate surface area is 259 Å². The fraction of sp³-hybridized carbons (Fsp3) is 0.273. The summed E-state index contributed by atoms with van der Waals surface area (Å²) in [6, 6.07) is 11.6. The number of aromatic carboxylic acids is 1. The lowest BCUT2D eigenvalue weighted by molar-refractivity contribution is -0.132. The fourth-order valence-electron chi connectivity index (χ4n) is 4.99. The van der Waals surface area contributed by atoms with E-state index in [1.807, 2.05) is 0 Å². The van der Waals surface area contributed by atoms with Gasteiger partial charge in [-0.3, -0.25) is 4.68 Å². The Kier molecular flexibility index (Phi) is 9.51. The molecule has 2 aromatic carbocycles. The van der Waals surface area contributed by atoms with Gasteiger partial charge in [-0.2, -0.15) is 5.10 Å². The molecule has 0 atom stereocenters. The molecule has 0 unspecified atom stereocenters. The molecule has 12 nitrogen and oxygen atoms in total. The topological polar surface area (TPSA) is 151 Å². The molecule has 0 radical (unpaired) electrons. The zero-order valence-electron chi connectivity index (χ0n) is 25.1. The van der Waals surface area contributed by atoms with Gasteiger partial charge in [-0.25, -0.2) is 14.6 Å². The van der Waals surface area contributed by atoms with E-state index < -0.39 is 11.9 Å². The molecule has 0 amide bonds. The maximum atomic E-state index is 12.6. The summed E-state index contributed by atoms with van der Waals surface area (Å²) >= 11 is 0. The Bertz CT molecular complexity index is 1750. The van der Waals surface area contributed by atoms with Crippen LogP contribution in [0.15, 0.2) is 60.4 Å². The minimum atomic E-state index is -1.11. The smallest absolute Gasteiger partial charge is 0.336 e. The van der Waals surface area contributed by atoms with Crippen LogP contribution in [0.2, 0.25) is 0 Å². The summed E-state index contributed by atoms with van der Waals surface area (Å²) in [5.74, 6) is -0.00590. The zero-order chi connectivity index (χ0) is 31.9. The third kappa shape index (κ3) is 6.85. The monoisotopic (exact) mass is 615 g/mol. The van der Waals surface area contributed by atoms with Gasteiger partial charge in [-0.15, -0.1) is 0 Å². The molecule has 4 aromatic rings. The lowest BCUT2D eigenvalue weighted by atomic mass is 10.00. The van der Waals surface area contributed by atoms with Crippen LogP contribution in [-0.4, -0.2) is 57.9 Å². The largest absolute Gasteiger partial charge is 0.496 e. The van der Waals surface area contributed by atoms with Crippen molar-refractivity contribution in [3.05, 3.63) is 82.7 Å². The second-order valence-electron chi connectivity index (χ2n) is 10.2. The number of unbranched alkanes of at least 4 members (excludes halogenated alkanes) is 1. The van der Waals surface area contributed by atoms with E-state index >= 15 is 0 Å². The van der Waals surface area contributed by atoms with Crippen molar-refractivity contribution in [3.8, 4) is 40.1 Å². The standard InChI is InChI=1S/C33H33N3O9/c1-4-5-10-36-31(25-17-34-30(42-3)15-27(25)43-18-20-8-6-7-9-24(20)33(39)40)23(16-35-36)12-22(32(37)38)11-21-13-28-29(45-19-44-28)14-26(21)41-2/h6-9,12-17H,4-5,10-11,18-19H2,1-3H3,(H,37,38)(H,39,40)/b22-12+. The van der Waals surface area contributed by atoms with Gasteiger partial charge in [0.25, 0.3) is 0 Å². The van der Waals surface area contributed by atoms with E-state index in [1.165, 1.54) is 20.3 Å². The summed E-state index contributed by atoms with van der Waals surface area (Å²) in [4.78, 5) is 28.8. The molecule has 0 fully saturated rings. The van der Waals surface area contributed by atoms with Gasteiger partial charge in [0.2, 0.25) is 12.7 Å². The van der Waals surface area contributed by atoms with E-state index in [0.29, 0.717) is 57.5 Å². The van der Waals surface area contributed by atoms with Crippen molar-refractivity contribution >= 4 is 18.0 Å². The minimum absolute atomic E-state index is 0.0327. The van der Waals surface area contributed by atoms with Crippen molar-refractivity contribution in [3.63, 3.8) is 0 Å². The number of carboxylic acid groups (broad SMARTS) is 2. The number of fused-ring (bicyclic) bond motifs is 1. The van der Waals surface area contributed by atoms with Crippen LogP contribution < -0.4 is 23.7 Å². The summed E-state index contributed by atoms with van der Waals surface area (Å²) in [5, 5.41) is 24.5. The SMILES string of the molecule is CCCCn1ncc(/C=C(\Cc2cc3c(cc2OC)OCO3)C(=O)O)c1-c1cnc(OC)cc1OCc1ccccc1C(=O)O. The number of aliphatic carboxylic acids is 1. The number of methoxy groups -OCH3 is 2. The highest BCUT2D eigenvalue weighted by molar-refractivity contribution is 5.94. The van der Waals surface area contributed by atoms with Crippen LogP contribution >= 0.6 is 0 Å². The lowest BCUT2D eigenvalue weighted by Crippen LogP contribution is -2.08. The molecule has 234 valence electrons. The van der Waals surface area contributed by atoms with Crippen LogP contribution in [0.5, 0.6) is 28.9 Å². The number of rotatable bonds is 14. The molecule has 5 rings (SSSR count). The van der Waals surface area contributed by atoms with Crippen molar-refractivity contribution in [1.82, 2.24) is 14.8 Å². The Hall–Kier alpha value is -5.52. The molecule has 45 heavy (non-hydrogen) atoms. The van der Waals surface area contributed by atoms with Gasteiger partial charge < -0.3 is 33.9 Å². The van der Waals surface area contributed by atoms with Gasteiger partial charge in [0.15, 0.2) is 11.5 Å². The molecular weight excluding hydrogens is 582 g/mol. The molecule has 2 N–H and O–H groups in total. The number of aryl methyl sites for hydroxylation is 1. The summed E-state index contributed by atoms with van der Waals surface area (Å²) in [5.41, 5.74) is 2.97. The van der Waals surface area contributed by atoms with Gasteiger partial charge >= 0.3 is 11.9 Å². The maximum absolute atomic E-state index is 12.6. The number of hydrogen-bond donors (Lipinski definition) is 2. The Morgan fingerprint density at radius 2 is 1.78 bits per heavy atom.